The van der Waals surface area contributed by atoms with Crippen LogP contribution in [0.4, 0.5) is 4.39 Å². The minimum Gasteiger partial charge on any atom is -0.390 e. The van der Waals surface area contributed by atoms with Crippen molar-refractivity contribution in [2.75, 3.05) is 6.61 Å². The first kappa shape index (κ1) is 23.9. The summed E-state index contributed by atoms with van der Waals surface area (Å²) >= 11 is 0. The van der Waals surface area contributed by atoms with E-state index in [4.69, 9.17) is 9.79 Å². The van der Waals surface area contributed by atoms with Gasteiger partial charge < -0.3 is 20.0 Å². The maximum Gasteiger partial charge on any atom is 0.470 e. The van der Waals surface area contributed by atoms with Crippen molar-refractivity contribution in [1.29, 1.82) is 0 Å². The maximum absolute atomic E-state index is 17.0. The molecule has 4 rings (SSSR count). The number of fused-ring (bicyclic) bond motifs is 5. The van der Waals surface area contributed by atoms with Crippen molar-refractivity contribution in [2.45, 2.75) is 63.8 Å². The van der Waals surface area contributed by atoms with Crippen LogP contribution in [0.25, 0.3) is 0 Å². The van der Waals surface area contributed by atoms with Crippen LogP contribution in [-0.2, 0) is 18.7 Å². The second-order valence-corrected chi connectivity index (χ2v) is 11.6. The van der Waals surface area contributed by atoms with Gasteiger partial charge in [0.25, 0.3) is 0 Å². The topological polar surface area (TPSA) is 141 Å². The summed E-state index contributed by atoms with van der Waals surface area (Å²) in [7, 11) is -4.93. The van der Waals surface area contributed by atoms with Crippen LogP contribution in [0, 0.1) is 28.6 Å². The summed E-state index contributed by atoms with van der Waals surface area (Å²) in [5.74, 6) is -2.87. The molecule has 0 radical (unpaired) electrons. The van der Waals surface area contributed by atoms with Crippen LogP contribution in [0.1, 0.15) is 46.5 Å². The van der Waals surface area contributed by atoms with Gasteiger partial charge in [-0.05, 0) is 56.6 Å². The van der Waals surface area contributed by atoms with Gasteiger partial charge in [0.2, 0.25) is 0 Å². The molecule has 0 aliphatic heterocycles. The SMILES string of the molecule is CC1CC2C3CCC4=CC(=O)C=C[C@]4(C)C3(F)C(O)C[C@]2(C)[C@@]1(O)C(=O)COP(=O)(O)O. The summed E-state index contributed by atoms with van der Waals surface area (Å²) in [5, 5.41) is 22.8. The molecule has 8 nitrogen and oxygen atoms in total. The molecule has 0 heterocycles. The van der Waals surface area contributed by atoms with Gasteiger partial charge >= 0.3 is 7.82 Å². The number of phosphoric ester groups is 1. The Labute approximate surface area is 185 Å². The van der Waals surface area contributed by atoms with Crippen LogP contribution in [-0.4, -0.2) is 55.5 Å². The number of carbonyl (C=O) groups excluding carboxylic acids is 2. The third-order valence-electron chi connectivity index (χ3n) is 9.01. The average Bonchev–Trinajstić information content (AvgIpc) is 2.89. The molecule has 0 aromatic rings. The van der Waals surface area contributed by atoms with Gasteiger partial charge in [-0.15, -0.1) is 0 Å². The molecular formula is C22H30FO8P. The van der Waals surface area contributed by atoms with Gasteiger partial charge in [0.05, 0.1) is 6.10 Å². The van der Waals surface area contributed by atoms with Gasteiger partial charge in [-0.25, -0.2) is 8.96 Å². The molecule has 0 bridgehead atoms. The van der Waals surface area contributed by atoms with Crippen molar-refractivity contribution in [3.63, 3.8) is 0 Å². The van der Waals surface area contributed by atoms with E-state index in [1.54, 1.807) is 20.8 Å². The summed E-state index contributed by atoms with van der Waals surface area (Å²) < 4.78 is 32.5. The maximum atomic E-state index is 17.0. The molecule has 0 amide bonds. The van der Waals surface area contributed by atoms with Crippen LogP contribution in [0.5, 0.6) is 0 Å². The van der Waals surface area contributed by atoms with Gasteiger partial charge in [-0.3, -0.25) is 14.1 Å². The van der Waals surface area contributed by atoms with E-state index < -0.39 is 66.2 Å². The molecule has 4 aliphatic carbocycles. The summed E-state index contributed by atoms with van der Waals surface area (Å²) in [6.07, 6.45) is 3.70. The Morgan fingerprint density at radius 2 is 1.97 bits per heavy atom. The van der Waals surface area contributed by atoms with Crippen LogP contribution in [0.3, 0.4) is 0 Å². The lowest BCUT2D eigenvalue weighted by Gasteiger charge is -2.62. The predicted octanol–water partition coefficient (Wildman–Crippen LogP) is 2.01. The Morgan fingerprint density at radius 3 is 2.59 bits per heavy atom. The first-order valence-corrected chi connectivity index (χ1v) is 12.4. The predicted molar refractivity (Wildman–Crippen MR) is 111 cm³/mol. The van der Waals surface area contributed by atoms with E-state index in [2.05, 4.69) is 4.52 Å². The fraction of sp³-hybridized carbons (Fsp3) is 0.727. The molecule has 4 aliphatic rings. The average molecular weight is 472 g/mol. The molecule has 5 unspecified atom stereocenters. The largest absolute Gasteiger partial charge is 0.470 e. The standard InChI is InChI=1S/C22H30FO8P/c1-12-8-16-15-5-4-13-9-14(24)6-7-19(13,2)21(15,23)17(25)10-20(16,3)22(12,27)18(26)11-31-32(28,29)30/h6-7,9,12,15-17,25,27H,4-5,8,10-11H2,1-3H3,(H2,28,29,30)/t12?,15?,16?,17?,19-,20-,21?,22-/m0/s1. The van der Waals surface area contributed by atoms with Gasteiger partial charge in [-0.1, -0.05) is 25.5 Å². The molecular weight excluding hydrogens is 442 g/mol. The molecule has 0 spiro atoms. The molecule has 4 N–H and O–H groups in total. The van der Waals surface area contributed by atoms with Gasteiger partial charge in [0, 0.05) is 16.7 Å². The molecule has 32 heavy (non-hydrogen) atoms. The fourth-order valence-electron chi connectivity index (χ4n) is 7.39. The smallest absolute Gasteiger partial charge is 0.390 e. The van der Waals surface area contributed by atoms with E-state index in [1.165, 1.54) is 18.2 Å². The van der Waals surface area contributed by atoms with Crippen LogP contribution >= 0.6 is 7.82 Å². The lowest BCUT2D eigenvalue weighted by Crippen LogP contribution is -2.69. The number of aliphatic hydroxyl groups excluding tert-OH is 1. The molecule has 178 valence electrons. The zero-order chi connectivity index (χ0) is 23.9. The molecule has 8 atom stereocenters. The number of phosphoric acid groups is 1. The summed E-state index contributed by atoms with van der Waals surface area (Å²) in [5.41, 5.74) is -5.88. The Bertz CT molecular complexity index is 973. The Hall–Kier alpha value is -1.22. The first-order chi connectivity index (χ1) is 14.6. The van der Waals surface area contributed by atoms with E-state index in [1.807, 2.05) is 0 Å². The van der Waals surface area contributed by atoms with E-state index in [0.717, 1.165) is 0 Å². The highest BCUT2D eigenvalue weighted by Crippen LogP contribution is 2.70. The number of rotatable bonds is 4. The zero-order valence-corrected chi connectivity index (χ0v) is 19.2. The normalized spacial score (nSPS) is 48.0. The van der Waals surface area contributed by atoms with Gasteiger partial charge in [0.1, 0.15) is 12.2 Å². The lowest BCUT2D eigenvalue weighted by molar-refractivity contribution is -0.219. The minimum absolute atomic E-state index is 0.211. The molecule has 10 heteroatoms. The molecule has 0 aromatic heterocycles. The number of carbonyl (C=O) groups is 2. The monoisotopic (exact) mass is 472 g/mol. The van der Waals surface area contributed by atoms with Crippen molar-refractivity contribution in [2.24, 2.45) is 28.6 Å². The summed E-state index contributed by atoms with van der Waals surface area (Å²) in [4.78, 5) is 42.8. The van der Waals surface area contributed by atoms with Crippen LogP contribution < -0.4 is 0 Å². The Morgan fingerprint density at radius 1 is 1.31 bits per heavy atom. The number of allylic oxidation sites excluding steroid dienone is 4. The van der Waals surface area contributed by atoms with Crippen LogP contribution in [0.15, 0.2) is 23.8 Å². The molecule has 0 aromatic carbocycles. The number of Topliss-reactive ketones (excluding diaryl/α,β-unsaturated/α-hetero) is 1. The van der Waals surface area contributed by atoms with Crippen molar-refractivity contribution in [3.8, 4) is 0 Å². The van der Waals surface area contributed by atoms with Crippen molar-refractivity contribution in [3.05, 3.63) is 23.8 Å². The van der Waals surface area contributed by atoms with E-state index in [0.29, 0.717) is 24.8 Å². The third kappa shape index (κ3) is 2.95. The van der Waals surface area contributed by atoms with E-state index in [-0.39, 0.29) is 12.2 Å². The lowest BCUT2D eigenvalue weighted by atomic mass is 9.44. The van der Waals surface area contributed by atoms with Crippen molar-refractivity contribution < 1.29 is 43.1 Å². The van der Waals surface area contributed by atoms with Crippen molar-refractivity contribution in [1.82, 2.24) is 0 Å². The third-order valence-corrected chi connectivity index (χ3v) is 9.48. The highest BCUT2D eigenvalue weighted by Gasteiger charge is 2.75. The first-order valence-electron chi connectivity index (χ1n) is 10.9. The number of halogens is 1. The number of hydrogen-bond acceptors (Lipinski definition) is 6. The zero-order valence-electron chi connectivity index (χ0n) is 18.3. The minimum atomic E-state index is -4.93. The van der Waals surface area contributed by atoms with Gasteiger partial charge in [-0.2, -0.15) is 0 Å². The highest BCUT2D eigenvalue weighted by molar-refractivity contribution is 7.46. The highest BCUT2D eigenvalue weighted by atomic mass is 31.2. The second kappa shape index (κ2) is 7.14. The molecule has 3 saturated carbocycles. The second-order valence-electron chi connectivity index (χ2n) is 10.4. The number of hydrogen-bond donors (Lipinski definition) is 4. The Kier molecular flexibility index (Phi) is 5.34. The molecule has 3 fully saturated rings. The molecule has 0 saturated heterocycles. The fourth-order valence-corrected chi connectivity index (χ4v) is 7.68. The summed E-state index contributed by atoms with van der Waals surface area (Å²) in [6.45, 7) is 4.00. The quantitative estimate of drug-likeness (QED) is 0.456. The van der Waals surface area contributed by atoms with E-state index in [9.17, 15) is 24.4 Å². The number of alkyl halides is 1. The van der Waals surface area contributed by atoms with Crippen LogP contribution in [0.2, 0.25) is 0 Å². The summed E-state index contributed by atoms with van der Waals surface area (Å²) in [6, 6.07) is 0. The van der Waals surface area contributed by atoms with Crippen molar-refractivity contribution >= 4 is 19.4 Å². The number of ketones is 2. The number of aliphatic hydroxyl groups is 2. The van der Waals surface area contributed by atoms with E-state index >= 15 is 4.39 Å². The van der Waals surface area contributed by atoms with Gasteiger partial charge in [0.15, 0.2) is 17.2 Å². The Balaban J connectivity index is 1.74.